The maximum Gasteiger partial charge on any atom is 0.321 e. The average molecular weight is 382 g/mol. The first kappa shape index (κ1) is 18.6. The molecule has 0 bridgehead atoms. The lowest BCUT2D eigenvalue weighted by molar-refractivity contribution is -0.385. The van der Waals surface area contributed by atoms with E-state index in [9.17, 15) is 25.0 Å². The number of nitrogens with zero attached hydrogens (tertiary/aromatic N) is 2. The molecule has 0 spiro atoms. The van der Waals surface area contributed by atoms with Crippen molar-refractivity contribution >= 4 is 23.3 Å². The van der Waals surface area contributed by atoms with E-state index in [0.717, 1.165) is 0 Å². The molecule has 0 atom stereocenters. The van der Waals surface area contributed by atoms with Crippen molar-refractivity contribution in [2.75, 3.05) is 5.32 Å². The molecule has 0 aliphatic heterocycles. The van der Waals surface area contributed by atoms with Crippen LogP contribution < -0.4 is 10.6 Å². The molecule has 10 heteroatoms. The standard InChI is InChI=1S/C18H14N4O6/c23-18(19-11-12-2-1-3-15(10-12)22(26)27)20-17-9-8-16(28-17)13-4-6-14(7-5-13)21(24)25/h1-10H,11H2,(H2,19,20,23). The van der Waals surface area contributed by atoms with Gasteiger partial charge in [-0.1, -0.05) is 12.1 Å². The lowest BCUT2D eigenvalue weighted by Crippen LogP contribution is -2.27. The summed E-state index contributed by atoms with van der Waals surface area (Å²) in [5, 5.41) is 26.5. The molecule has 1 heterocycles. The Morgan fingerprint density at radius 2 is 1.64 bits per heavy atom. The van der Waals surface area contributed by atoms with E-state index in [4.69, 9.17) is 4.42 Å². The Morgan fingerprint density at radius 1 is 0.929 bits per heavy atom. The largest absolute Gasteiger partial charge is 0.440 e. The molecule has 3 rings (SSSR count). The molecule has 0 aliphatic rings. The zero-order valence-electron chi connectivity index (χ0n) is 14.3. The normalized spacial score (nSPS) is 10.3. The van der Waals surface area contributed by atoms with Gasteiger partial charge in [0.25, 0.3) is 11.4 Å². The summed E-state index contributed by atoms with van der Waals surface area (Å²) in [6.45, 7) is 0.101. The number of rotatable bonds is 6. The number of nitro groups is 2. The Bertz CT molecular complexity index is 1030. The van der Waals surface area contributed by atoms with E-state index >= 15 is 0 Å². The first-order valence-corrected chi connectivity index (χ1v) is 8.05. The number of non-ortho nitro benzene ring substituents is 2. The highest BCUT2D eigenvalue weighted by Gasteiger charge is 2.11. The van der Waals surface area contributed by atoms with Gasteiger partial charge in [-0.2, -0.15) is 0 Å². The number of hydrogen-bond acceptors (Lipinski definition) is 6. The lowest BCUT2D eigenvalue weighted by Gasteiger charge is -2.06. The SMILES string of the molecule is O=C(NCc1cccc([N+](=O)[O-])c1)Nc1ccc(-c2ccc([N+](=O)[O-])cc2)o1. The van der Waals surface area contributed by atoms with Crippen molar-refractivity contribution in [1.29, 1.82) is 0 Å². The van der Waals surface area contributed by atoms with Crippen LogP contribution in [0.1, 0.15) is 5.56 Å². The van der Waals surface area contributed by atoms with E-state index in [-0.39, 0.29) is 23.8 Å². The predicted molar refractivity (Wildman–Crippen MR) is 99.8 cm³/mol. The summed E-state index contributed by atoms with van der Waals surface area (Å²) >= 11 is 0. The van der Waals surface area contributed by atoms with Crippen LogP contribution in [0.5, 0.6) is 0 Å². The van der Waals surface area contributed by atoms with Crippen LogP contribution in [0, 0.1) is 20.2 Å². The zero-order chi connectivity index (χ0) is 20.1. The second kappa shape index (κ2) is 7.99. The Labute approximate surface area is 158 Å². The van der Waals surface area contributed by atoms with Crippen molar-refractivity contribution < 1.29 is 19.1 Å². The summed E-state index contributed by atoms with van der Waals surface area (Å²) in [7, 11) is 0. The van der Waals surface area contributed by atoms with Gasteiger partial charge in [-0.15, -0.1) is 0 Å². The van der Waals surface area contributed by atoms with E-state index in [1.807, 2.05) is 0 Å². The van der Waals surface area contributed by atoms with Gasteiger partial charge in [0, 0.05) is 42.4 Å². The highest BCUT2D eigenvalue weighted by Crippen LogP contribution is 2.26. The topological polar surface area (TPSA) is 141 Å². The van der Waals surface area contributed by atoms with Crippen LogP contribution in [0.15, 0.2) is 65.1 Å². The summed E-state index contributed by atoms with van der Waals surface area (Å²) in [6.07, 6.45) is 0. The summed E-state index contributed by atoms with van der Waals surface area (Å²) in [5.41, 5.74) is 1.11. The molecule has 2 aromatic carbocycles. The molecule has 0 saturated heterocycles. The van der Waals surface area contributed by atoms with Gasteiger partial charge in [-0.05, 0) is 23.8 Å². The van der Waals surface area contributed by atoms with Gasteiger partial charge in [0.2, 0.25) is 5.88 Å². The van der Waals surface area contributed by atoms with E-state index in [1.165, 1.54) is 30.3 Å². The summed E-state index contributed by atoms with van der Waals surface area (Å²) in [5.74, 6) is 0.619. The molecular formula is C18H14N4O6. The average Bonchev–Trinajstić information content (AvgIpc) is 3.15. The quantitative estimate of drug-likeness (QED) is 0.486. The molecule has 0 fully saturated rings. The third kappa shape index (κ3) is 4.49. The predicted octanol–water partition coefficient (Wildman–Crippen LogP) is 4.08. The Hall–Kier alpha value is -4.21. The number of hydrogen-bond donors (Lipinski definition) is 2. The van der Waals surface area contributed by atoms with Gasteiger partial charge >= 0.3 is 6.03 Å². The molecule has 1 aromatic heterocycles. The molecule has 2 N–H and O–H groups in total. The number of anilines is 1. The van der Waals surface area contributed by atoms with Gasteiger partial charge in [-0.25, -0.2) is 4.79 Å². The second-order valence-corrected chi connectivity index (χ2v) is 5.70. The zero-order valence-corrected chi connectivity index (χ0v) is 14.3. The molecular weight excluding hydrogens is 368 g/mol. The van der Waals surface area contributed by atoms with Gasteiger partial charge in [0.1, 0.15) is 5.76 Å². The Morgan fingerprint density at radius 3 is 2.32 bits per heavy atom. The van der Waals surface area contributed by atoms with E-state index < -0.39 is 15.9 Å². The van der Waals surface area contributed by atoms with Crippen LogP contribution in [0.4, 0.5) is 22.1 Å². The highest BCUT2D eigenvalue weighted by molar-refractivity contribution is 5.88. The molecule has 0 unspecified atom stereocenters. The number of carbonyl (C=O) groups excluding carboxylic acids is 1. The summed E-state index contributed by atoms with van der Waals surface area (Å²) in [4.78, 5) is 32.4. The molecule has 2 amide bonds. The second-order valence-electron chi connectivity index (χ2n) is 5.70. The van der Waals surface area contributed by atoms with E-state index in [2.05, 4.69) is 10.6 Å². The van der Waals surface area contributed by atoms with Crippen molar-refractivity contribution in [3.63, 3.8) is 0 Å². The van der Waals surface area contributed by atoms with Gasteiger partial charge in [0.05, 0.1) is 9.85 Å². The number of carbonyl (C=O) groups is 1. The van der Waals surface area contributed by atoms with Crippen LogP contribution in [0.2, 0.25) is 0 Å². The first-order chi connectivity index (χ1) is 13.4. The van der Waals surface area contributed by atoms with Crippen LogP contribution in [0.3, 0.4) is 0 Å². The fraction of sp³-hybridized carbons (Fsp3) is 0.0556. The fourth-order valence-corrected chi connectivity index (χ4v) is 2.43. The minimum Gasteiger partial charge on any atom is -0.440 e. The monoisotopic (exact) mass is 382 g/mol. The van der Waals surface area contributed by atoms with E-state index in [0.29, 0.717) is 16.9 Å². The first-order valence-electron chi connectivity index (χ1n) is 8.05. The molecule has 28 heavy (non-hydrogen) atoms. The fourth-order valence-electron chi connectivity index (χ4n) is 2.43. The maximum absolute atomic E-state index is 12.0. The van der Waals surface area contributed by atoms with Crippen molar-refractivity contribution in [2.45, 2.75) is 6.54 Å². The van der Waals surface area contributed by atoms with Gasteiger partial charge in [0.15, 0.2) is 0 Å². The number of furan rings is 1. The van der Waals surface area contributed by atoms with E-state index in [1.54, 1.807) is 30.3 Å². The highest BCUT2D eigenvalue weighted by atomic mass is 16.6. The molecule has 10 nitrogen and oxygen atoms in total. The smallest absolute Gasteiger partial charge is 0.321 e. The number of nitrogens with one attached hydrogen (secondary N) is 2. The van der Waals surface area contributed by atoms with Crippen molar-refractivity contribution in [3.05, 3.63) is 86.5 Å². The third-order valence-electron chi connectivity index (χ3n) is 3.78. The van der Waals surface area contributed by atoms with Crippen LogP contribution >= 0.6 is 0 Å². The number of benzene rings is 2. The van der Waals surface area contributed by atoms with Gasteiger partial charge in [-0.3, -0.25) is 25.5 Å². The minimum atomic E-state index is -0.545. The molecule has 0 aliphatic carbocycles. The molecule has 0 radical (unpaired) electrons. The molecule has 3 aromatic rings. The Kier molecular flexibility index (Phi) is 5.30. The number of amides is 2. The summed E-state index contributed by atoms with van der Waals surface area (Å²) < 4.78 is 5.51. The maximum atomic E-state index is 12.0. The molecule has 142 valence electrons. The lowest BCUT2D eigenvalue weighted by atomic mass is 10.1. The Balaban J connectivity index is 1.58. The number of urea groups is 1. The number of nitro benzene ring substituents is 2. The van der Waals surface area contributed by atoms with Crippen molar-refractivity contribution in [2.24, 2.45) is 0 Å². The van der Waals surface area contributed by atoms with Gasteiger partial charge < -0.3 is 9.73 Å². The van der Waals surface area contributed by atoms with Crippen molar-refractivity contribution in [1.82, 2.24) is 5.32 Å². The third-order valence-corrected chi connectivity index (χ3v) is 3.78. The minimum absolute atomic E-state index is 0.0332. The summed E-state index contributed by atoms with van der Waals surface area (Å²) in [6, 6.07) is 14.4. The van der Waals surface area contributed by atoms with Crippen LogP contribution in [-0.2, 0) is 6.54 Å². The van der Waals surface area contributed by atoms with Crippen LogP contribution in [-0.4, -0.2) is 15.9 Å². The van der Waals surface area contributed by atoms with Crippen LogP contribution in [0.25, 0.3) is 11.3 Å². The van der Waals surface area contributed by atoms with Crippen molar-refractivity contribution in [3.8, 4) is 11.3 Å². The molecule has 0 saturated carbocycles.